The number of ether oxygens (including phenoxy) is 2. The summed E-state index contributed by atoms with van der Waals surface area (Å²) in [5.41, 5.74) is 5.35. The van der Waals surface area contributed by atoms with Crippen molar-refractivity contribution in [3.63, 3.8) is 0 Å². The molecule has 0 amide bonds. The van der Waals surface area contributed by atoms with Gasteiger partial charge in [-0.2, -0.15) is 0 Å². The number of fused-ring (bicyclic) bond motifs is 1. The fourth-order valence-electron chi connectivity index (χ4n) is 3.47. The third kappa shape index (κ3) is 4.02. The summed E-state index contributed by atoms with van der Waals surface area (Å²) < 4.78 is 11.1. The lowest BCUT2D eigenvalue weighted by Crippen LogP contribution is -2.38. The fourth-order valence-corrected chi connectivity index (χ4v) is 4.21. The van der Waals surface area contributed by atoms with Crippen LogP contribution in [0.15, 0.2) is 78.2 Å². The molecule has 0 saturated carbocycles. The van der Waals surface area contributed by atoms with Crippen molar-refractivity contribution < 1.29 is 14.3 Å². The van der Waals surface area contributed by atoms with Gasteiger partial charge < -0.3 is 14.8 Å². The van der Waals surface area contributed by atoms with Gasteiger partial charge in [0.15, 0.2) is 5.13 Å². The number of esters is 1. The van der Waals surface area contributed by atoms with Crippen molar-refractivity contribution in [2.45, 2.75) is 19.6 Å². The lowest BCUT2D eigenvalue weighted by atomic mass is 10.1. The number of benzene rings is 3. The molecule has 0 unspecified atom stereocenters. The number of anilines is 2. The van der Waals surface area contributed by atoms with Crippen LogP contribution < -0.4 is 10.1 Å². The molecule has 154 valence electrons. The summed E-state index contributed by atoms with van der Waals surface area (Å²) in [4.78, 5) is 17.0. The second-order valence-electron chi connectivity index (χ2n) is 7.71. The Hall–Kier alpha value is -3.64. The average Bonchev–Trinajstić information content (AvgIpc) is 3.22. The SMILES string of the molecule is CC1(C)OC(=O)c2cc(-c3csc(Nc4ccc(-c5ccccc5)cc4)n3)ccc2O1. The Labute approximate surface area is 184 Å². The first kappa shape index (κ1) is 19.3. The summed E-state index contributed by atoms with van der Waals surface area (Å²) in [7, 11) is 0. The molecule has 4 aromatic rings. The number of carbonyl (C=O) groups excluding carboxylic acids is 1. The van der Waals surface area contributed by atoms with Gasteiger partial charge in [0.2, 0.25) is 5.79 Å². The van der Waals surface area contributed by atoms with Crippen LogP contribution in [0.3, 0.4) is 0 Å². The van der Waals surface area contributed by atoms with Gasteiger partial charge in [-0.05, 0) is 41.5 Å². The molecule has 1 N–H and O–H groups in total. The third-order valence-corrected chi connectivity index (χ3v) is 5.69. The van der Waals surface area contributed by atoms with Gasteiger partial charge in [0.05, 0.1) is 5.69 Å². The van der Waals surface area contributed by atoms with Crippen LogP contribution in [0.25, 0.3) is 22.4 Å². The van der Waals surface area contributed by atoms with Crippen LogP contribution in [0.5, 0.6) is 5.75 Å². The molecule has 0 fully saturated rings. The molecule has 1 aliphatic heterocycles. The topological polar surface area (TPSA) is 60.5 Å². The highest BCUT2D eigenvalue weighted by molar-refractivity contribution is 7.14. The Kier molecular flexibility index (Phi) is 4.71. The van der Waals surface area contributed by atoms with Crippen LogP contribution in [0, 0.1) is 0 Å². The largest absolute Gasteiger partial charge is 0.452 e. The maximum atomic E-state index is 12.3. The molecule has 2 heterocycles. The van der Waals surface area contributed by atoms with E-state index in [0.717, 1.165) is 27.6 Å². The summed E-state index contributed by atoms with van der Waals surface area (Å²) in [6.45, 7) is 3.43. The second-order valence-corrected chi connectivity index (χ2v) is 8.57. The summed E-state index contributed by atoms with van der Waals surface area (Å²) in [6, 6.07) is 24.0. The number of carbonyl (C=O) groups is 1. The van der Waals surface area contributed by atoms with Crippen LogP contribution in [0.4, 0.5) is 10.8 Å². The van der Waals surface area contributed by atoms with E-state index in [1.807, 2.05) is 41.8 Å². The number of nitrogens with zero attached hydrogens (tertiary/aromatic N) is 1. The summed E-state index contributed by atoms with van der Waals surface area (Å²) >= 11 is 1.51. The van der Waals surface area contributed by atoms with Gasteiger partial charge >= 0.3 is 5.97 Å². The van der Waals surface area contributed by atoms with Crippen molar-refractivity contribution >= 4 is 28.1 Å². The number of hydrogen-bond donors (Lipinski definition) is 1. The van der Waals surface area contributed by atoms with E-state index in [2.05, 4.69) is 34.6 Å². The quantitative estimate of drug-likeness (QED) is 0.376. The highest BCUT2D eigenvalue weighted by Crippen LogP contribution is 2.35. The second kappa shape index (κ2) is 7.56. The maximum Gasteiger partial charge on any atom is 0.345 e. The number of hydrogen-bond acceptors (Lipinski definition) is 6. The molecule has 5 nitrogen and oxygen atoms in total. The van der Waals surface area contributed by atoms with Crippen LogP contribution in [-0.4, -0.2) is 16.7 Å². The van der Waals surface area contributed by atoms with Crippen LogP contribution >= 0.6 is 11.3 Å². The Morgan fingerprint density at radius 1 is 0.871 bits per heavy atom. The van der Waals surface area contributed by atoms with E-state index in [0.29, 0.717) is 11.3 Å². The monoisotopic (exact) mass is 428 g/mol. The van der Waals surface area contributed by atoms with Gasteiger partial charge in [-0.15, -0.1) is 11.3 Å². The molecule has 0 radical (unpaired) electrons. The van der Waals surface area contributed by atoms with Crippen molar-refractivity contribution in [3.8, 4) is 28.1 Å². The van der Waals surface area contributed by atoms with Gasteiger partial charge in [0.25, 0.3) is 0 Å². The smallest absolute Gasteiger partial charge is 0.345 e. The molecular weight excluding hydrogens is 408 g/mol. The van der Waals surface area contributed by atoms with E-state index in [1.165, 1.54) is 16.9 Å². The van der Waals surface area contributed by atoms with Crippen molar-refractivity contribution in [3.05, 3.63) is 83.7 Å². The van der Waals surface area contributed by atoms with Crippen molar-refractivity contribution in [2.75, 3.05) is 5.32 Å². The van der Waals surface area contributed by atoms with E-state index >= 15 is 0 Å². The van der Waals surface area contributed by atoms with E-state index in [-0.39, 0.29) is 5.97 Å². The molecule has 0 aliphatic carbocycles. The summed E-state index contributed by atoms with van der Waals surface area (Å²) in [5, 5.41) is 6.08. The molecule has 0 atom stereocenters. The van der Waals surface area contributed by atoms with E-state index in [1.54, 1.807) is 26.0 Å². The van der Waals surface area contributed by atoms with E-state index in [9.17, 15) is 4.79 Å². The van der Waals surface area contributed by atoms with Gasteiger partial charge in [-0.3, -0.25) is 0 Å². The zero-order valence-electron chi connectivity index (χ0n) is 17.1. The molecule has 3 aromatic carbocycles. The van der Waals surface area contributed by atoms with Gasteiger partial charge in [0.1, 0.15) is 11.3 Å². The number of rotatable bonds is 4. The predicted octanol–water partition coefficient (Wildman–Crippen LogP) is 6.51. The van der Waals surface area contributed by atoms with Crippen molar-refractivity contribution in [1.29, 1.82) is 0 Å². The first-order valence-electron chi connectivity index (χ1n) is 9.92. The minimum Gasteiger partial charge on any atom is -0.452 e. The Balaban J connectivity index is 1.34. The molecule has 6 heteroatoms. The fraction of sp³-hybridized carbons (Fsp3) is 0.120. The minimum absolute atomic E-state index is 0.389. The average molecular weight is 429 g/mol. The minimum atomic E-state index is -0.959. The lowest BCUT2D eigenvalue weighted by Gasteiger charge is -2.31. The first-order valence-corrected chi connectivity index (χ1v) is 10.8. The first-order chi connectivity index (χ1) is 15.0. The number of cyclic esters (lactones) is 1. The molecular formula is C25H20N2O3S. The number of nitrogens with one attached hydrogen (secondary N) is 1. The van der Waals surface area contributed by atoms with Crippen LogP contribution in [0.1, 0.15) is 24.2 Å². The standard InChI is InChI=1S/C25H20N2O3S/c1-25(2)29-22-13-10-18(14-20(22)23(28)30-25)21-15-31-24(27-21)26-19-11-8-17(9-12-19)16-6-4-3-5-7-16/h3-15H,1-2H3,(H,26,27). The highest BCUT2D eigenvalue weighted by Gasteiger charge is 2.34. The molecule has 0 bridgehead atoms. The molecule has 0 saturated heterocycles. The van der Waals surface area contributed by atoms with Crippen LogP contribution in [-0.2, 0) is 4.74 Å². The highest BCUT2D eigenvalue weighted by atomic mass is 32.1. The van der Waals surface area contributed by atoms with Gasteiger partial charge in [-0.1, -0.05) is 42.5 Å². The van der Waals surface area contributed by atoms with Gasteiger partial charge in [-0.25, -0.2) is 9.78 Å². The zero-order valence-corrected chi connectivity index (χ0v) is 17.9. The number of aromatic nitrogens is 1. The zero-order chi connectivity index (χ0) is 21.4. The van der Waals surface area contributed by atoms with E-state index in [4.69, 9.17) is 9.47 Å². The maximum absolute atomic E-state index is 12.3. The molecule has 0 spiro atoms. The summed E-state index contributed by atoms with van der Waals surface area (Å²) in [6.07, 6.45) is 0. The van der Waals surface area contributed by atoms with Crippen molar-refractivity contribution in [1.82, 2.24) is 4.98 Å². The molecule has 1 aromatic heterocycles. The van der Waals surface area contributed by atoms with Crippen molar-refractivity contribution in [2.24, 2.45) is 0 Å². The van der Waals surface area contributed by atoms with E-state index < -0.39 is 5.79 Å². The lowest BCUT2D eigenvalue weighted by molar-refractivity contribution is -0.127. The Morgan fingerprint density at radius 2 is 1.58 bits per heavy atom. The van der Waals surface area contributed by atoms with Crippen LogP contribution in [0.2, 0.25) is 0 Å². The number of thiazole rings is 1. The molecule has 5 rings (SSSR count). The van der Waals surface area contributed by atoms with Gasteiger partial charge in [0, 0.05) is 30.5 Å². The normalized spacial score (nSPS) is 14.3. The predicted molar refractivity (Wildman–Crippen MR) is 123 cm³/mol. The molecule has 31 heavy (non-hydrogen) atoms. The molecule has 1 aliphatic rings. The Bertz CT molecular complexity index is 1250. The Morgan fingerprint density at radius 3 is 2.35 bits per heavy atom. The third-order valence-electron chi connectivity index (χ3n) is 4.94. The summed E-state index contributed by atoms with van der Waals surface area (Å²) in [5.74, 6) is -0.823.